The van der Waals surface area contributed by atoms with E-state index >= 15 is 0 Å². The third-order valence-corrected chi connectivity index (χ3v) is 2.51. The minimum absolute atomic E-state index is 0.400. The smallest absolute Gasteiger partial charge is 0.174 e. The van der Waals surface area contributed by atoms with Crippen molar-refractivity contribution < 1.29 is 0 Å². The van der Waals surface area contributed by atoms with Crippen molar-refractivity contribution in [2.24, 2.45) is 4.99 Å². The lowest BCUT2D eigenvalue weighted by Gasteiger charge is -2.01. The van der Waals surface area contributed by atoms with Crippen LogP contribution in [0.2, 0.25) is 5.15 Å². The van der Waals surface area contributed by atoms with Crippen molar-refractivity contribution in [2.45, 2.75) is 6.92 Å². The zero-order valence-electron chi connectivity index (χ0n) is 9.55. The van der Waals surface area contributed by atoms with Crippen LogP contribution >= 0.6 is 11.6 Å². The Bertz CT molecular complexity index is 532. The molecule has 0 aliphatic heterocycles. The van der Waals surface area contributed by atoms with Crippen LogP contribution in [0.4, 0.5) is 5.69 Å². The molecule has 0 amide bonds. The topological polar surface area (TPSA) is 55.1 Å². The molecule has 0 saturated heterocycles. The number of anilines is 1. The van der Waals surface area contributed by atoms with E-state index in [4.69, 9.17) is 11.6 Å². The van der Waals surface area contributed by atoms with Gasteiger partial charge in [-0.05, 0) is 19.1 Å². The van der Waals surface area contributed by atoms with Crippen LogP contribution in [0.5, 0.6) is 0 Å². The second-order valence-corrected chi connectivity index (χ2v) is 3.78. The van der Waals surface area contributed by atoms with Crippen molar-refractivity contribution in [1.29, 1.82) is 0 Å². The Balaban J connectivity index is 2.31. The summed E-state index contributed by atoms with van der Waals surface area (Å²) in [5, 5.41) is 7.66. The minimum atomic E-state index is 0.400. The molecular weight excluding hydrogens is 238 g/mol. The average Bonchev–Trinajstić information content (AvgIpc) is 2.72. The van der Waals surface area contributed by atoms with Gasteiger partial charge in [0.25, 0.3) is 0 Å². The number of nitrogens with one attached hydrogen (secondary N) is 1. The van der Waals surface area contributed by atoms with Crippen molar-refractivity contribution in [3.05, 3.63) is 35.9 Å². The van der Waals surface area contributed by atoms with Crippen LogP contribution in [0.3, 0.4) is 0 Å². The van der Waals surface area contributed by atoms with Gasteiger partial charge in [-0.1, -0.05) is 11.6 Å². The molecule has 17 heavy (non-hydrogen) atoms. The van der Waals surface area contributed by atoms with Crippen molar-refractivity contribution in [2.75, 3.05) is 12.4 Å². The molecule has 2 rings (SSSR count). The summed E-state index contributed by atoms with van der Waals surface area (Å²) < 4.78 is 1.67. The quantitative estimate of drug-likeness (QED) is 0.657. The van der Waals surface area contributed by atoms with Crippen LogP contribution in [0.1, 0.15) is 6.92 Å². The third-order valence-electron chi connectivity index (χ3n) is 2.23. The molecule has 0 aliphatic carbocycles. The van der Waals surface area contributed by atoms with Crippen LogP contribution < -0.4 is 5.32 Å². The SMILES string of the molecule is CN=C(C)Nc1cn(-c2cccnc2)nc1Cl. The van der Waals surface area contributed by atoms with Gasteiger partial charge >= 0.3 is 0 Å². The summed E-state index contributed by atoms with van der Waals surface area (Å²) in [6.45, 7) is 1.86. The summed E-state index contributed by atoms with van der Waals surface area (Å²) in [6.07, 6.45) is 5.23. The molecule has 0 atom stereocenters. The molecule has 2 aromatic rings. The Morgan fingerprint density at radius 3 is 3.00 bits per heavy atom. The van der Waals surface area contributed by atoms with Crippen molar-refractivity contribution in [3.63, 3.8) is 0 Å². The van der Waals surface area contributed by atoms with Crippen molar-refractivity contribution in [1.82, 2.24) is 14.8 Å². The number of aliphatic imine (C=N–C) groups is 1. The van der Waals surface area contributed by atoms with Gasteiger partial charge in [-0.15, -0.1) is 0 Å². The van der Waals surface area contributed by atoms with Gasteiger partial charge in [0.2, 0.25) is 0 Å². The Labute approximate surface area is 104 Å². The fourth-order valence-electron chi connectivity index (χ4n) is 1.31. The molecule has 6 heteroatoms. The van der Waals surface area contributed by atoms with Gasteiger partial charge in [0.05, 0.1) is 29.6 Å². The molecule has 88 valence electrons. The van der Waals surface area contributed by atoms with E-state index in [1.807, 2.05) is 19.1 Å². The van der Waals surface area contributed by atoms with Crippen molar-refractivity contribution >= 4 is 23.1 Å². The number of halogens is 1. The number of hydrogen-bond donors (Lipinski definition) is 1. The molecule has 5 nitrogen and oxygen atoms in total. The van der Waals surface area contributed by atoms with E-state index in [2.05, 4.69) is 20.4 Å². The summed E-state index contributed by atoms with van der Waals surface area (Å²) in [4.78, 5) is 8.03. The van der Waals surface area contributed by atoms with Crippen LogP contribution in [0, 0.1) is 0 Å². The Kier molecular flexibility index (Phi) is 3.39. The van der Waals surface area contributed by atoms with E-state index in [1.165, 1.54) is 0 Å². The fourth-order valence-corrected chi connectivity index (χ4v) is 1.49. The predicted octanol–water partition coefficient (Wildman–Crippen LogP) is 2.38. The lowest BCUT2D eigenvalue weighted by Crippen LogP contribution is -2.06. The number of rotatable bonds is 2. The Morgan fingerprint density at radius 2 is 2.35 bits per heavy atom. The van der Waals surface area contributed by atoms with Crippen molar-refractivity contribution in [3.8, 4) is 5.69 Å². The molecule has 0 saturated carbocycles. The van der Waals surface area contributed by atoms with Crippen LogP contribution in [-0.2, 0) is 0 Å². The number of pyridine rings is 1. The molecule has 0 radical (unpaired) electrons. The normalized spacial score (nSPS) is 11.6. The molecule has 0 bridgehead atoms. The first kappa shape index (κ1) is 11.6. The number of amidine groups is 1. The van der Waals surface area contributed by atoms with Gasteiger partial charge in [-0.25, -0.2) is 4.68 Å². The highest BCUT2D eigenvalue weighted by molar-refractivity contribution is 6.32. The van der Waals surface area contributed by atoms with Crippen LogP contribution in [0.25, 0.3) is 5.69 Å². The average molecular weight is 250 g/mol. The van der Waals surface area contributed by atoms with Gasteiger partial charge in [-0.3, -0.25) is 9.98 Å². The summed E-state index contributed by atoms with van der Waals surface area (Å²) in [7, 11) is 1.71. The number of hydrogen-bond acceptors (Lipinski definition) is 3. The highest BCUT2D eigenvalue weighted by Crippen LogP contribution is 2.21. The van der Waals surface area contributed by atoms with Gasteiger partial charge < -0.3 is 5.32 Å². The molecule has 1 N–H and O–H groups in total. The third kappa shape index (κ3) is 2.62. The van der Waals surface area contributed by atoms with E-state index in [-0.39, 0.29) is 0 Å². The fraction of sp³-hybridized carbons (Fsp3) is 0.182. The monoisotopic (exact) mass is 249 g/mol. The minimum Gasteiger partial charge on any atom is -0.340 e. The predicted molar refractivity (Wildman–Crippen MR) is 69.0 cm³/mol. The zero-order valence-corrected chi connectivity index (χ0v) is 10.3. The van der Waals surface area contributed by atoms with Crippen LogP contribution in [0.15, 0.2) is 35.7 Å². The summed E-state index contributed by atoms with van der Waals surface area (Å²) >= 11 is 6.03. The lowest BCUT2D eigenvalue weighted by atomic mass is 10.4. The first-order valence-corrected chi connectivity index (χ1v) is 5.44. The second-order valence-electron chi connectivity index (χ2n) is 3.42. The highest BCUT2D eigenvalue weighted by atomic mass is 35.5. The molecule has 2 aromatic heterocycles. The maximum absolute atomic E-state index is 6.03. The van der Waals surface area contributed by atoms with E-state index in [9.17, 15) is 0 Å². The summed E-state index contributed by atoms with van der Waals surface area (Å²) in [5.74, 6) is 0.776. The number of aromatic nitrogens is 3. The molecule has 0 aliphatic rings. The maximum Gasteiger partial charge on any atom is 0.174 e. The highest BCUT2D eigenvalue weighted by Gasteiger charge is 2.08. The largest absolute Gasteiger partial charge is 0.340 e. The molecule has 0 fully saturated rings. The molecule has 0 spiro atoms. The van der Waals surface area contributed by atoms with Gasteiger partial charge in [0.1, 0.15) is 0 Å². The van der Waals surface area contributed by atoms with Gasteiger partial charge in [0.15, 0.2) is 5.15 Å². The molecule has 0 unspecified atom stereocenters. The molecular formula is C11H12ClN5. The lowest BCUT2D eigenvalue weighted by molar-refractivity contribution is 0.874. The second kappa shape index (κ2) is 4.97. The van der Waals surface area contributed by atoms with Crippen LogP contribution in [-0.4, -0.2) is 27.6 Å². The standard InChI is InChI=1S/C11H12ClN5/c1-8(13-2)15-10-7-17(16-11(10)12)9-4-3-5-14-6-9/h3-7H,1-2H3,(H,13,15). The molecule has 0 aromatic carbocycles. The zero-order chi connectivity index (χ0) is 12.3. The van der Waals surface area contributed by atoms with E-state index in [0.29, 0.717) is 5.15 Å². The van der Waals surface area contributed by atoms with E-state index in [1.54, 1.807) is 30.3 Å². The van der Waals surface area contributed by atoms with E-state index < -0.39 is 0 Å². The Morgan fingerprint density at radius 1 is 1.53 bits per heavy atom. The first-order valence-electron chi connectivity index (χ1n) is 5.06. The van der Waals surface area contributed by atoms with Gasteiger partial charge in [0, 0.05) is 13.2 Å². The molecule has 2 heterocycles. The number of nitrogens with zero attached hydrogens (tertiary/aromatic N) is 4. The Hall–Kier alpha value is -1.88. The van der Waals surface area contributed by atoms with E-state index in [0.717, 1.165) is 17.2 Å². The maximum atomic E-state index is 6.03. The van der Waals surface area contributed by atoms with Gasteiger partial charge in [-0.2, -0.15) is 5.10 Å². The first-order chi connectivity index (χ1) is 8.20. The summed E-state index contributed by atoms with van der Waals surface area (Å²) in [5.41, 5.74) is 1.58. The summed E-state index contributed by atoms with van der Waals surface area (Å²) in [6, 6.07) is 3.75.